The summed E-state index contributed by atoms with van der Waals surface area (Å²) in [4.78, 5) is 15.5. The van der Waals surface area contributed by atoms with Crippen LogP contribution in [-0.4, -0.2) is 34.2 Å². The van der Waals surface area contributed by atoms with E-state index in [-0.39, 0.29) is 11.9 Å². The van der Waals surface area contributed by atoms with Crippen molar-refractivity contribution in [3.63, 3.8) is 0 Å². The quantitative estimate of drug-likeness (QED) is 0.762. The molecule has 0 radical (unpaired) electrons. The van der Waals surface area contributed by atoms with E-state index in [9.17, 15) is 4.79 Å². The van der Waals surface area contributed by atoms with Crippen molar-refractivity contribution >= 4 is 11.9 Å². The van der Waals surface area contributed by atoms with E-state index in [1.165, 1.54) is 12.4 Å². The standard InChI is InChI=1S/C10H15N5O/c16-9(6-8-2-1-3-11-7-8)14-10-12-4-5-13-15-10/h4-5,8,11H,1-3,6-7H2,(H,12,14,15,16). The number of anilines is 1. The summed E-state index contributed by atoms with van der Waals surface area (Å²) in [6.45, 7) is 1.98. The fourth-order valence-corrected chi connectivity index (χ4v) is 1.84. The third-order valence-corrected chi connectivity index (χ3v) is 2.61. The largest absolute Gasteiger partial charge is 0.316 e. The minimum Gasteiger partial charge on any atom is -0.316 e. The number of amides is 1. The molecule has 1 amide bonds. The molecule has 6 heteroatoms. The number of hydrogen-bond acceptors (Lipinski definition) is 5. The van der Waals surface area contributed by atoms with Crippen LogP contribution in [0.3, 0.4) is 0 Å². The van der Waals surface area contributed by atoms with Crippen LogP contribution < -0.4 is 10.6 Å². The lowest BCUT2D eigenvalue weighted by atomic mass is 9.96. The lowest BCUT2D eigenvalue weighted by Gasteiger charge is -2.21. The lowest BCUT2D eigenvalue weighted by Crippen LogP contribution is -2.32. The first kappa shape index (κ1) is 10.9. The Hall–Kier alpha value is -1.56. The zero-order valence-electron chi connectivity index (χ0n) is 9.02. The van der Waals surface area contributed by atoms with Crippen molar-refractivity contribution in [2.45, 2.75) is 19.3 Å². The molecular weight excluding hydrogens is 206 g/mol. The Labute approximate surface area is 93.9 Å². The number of rotatable bonds is 3. The van der Waals surface area contributed by atoms with Crippen molar-refractivity contribution in [2.24, 2.45) is 5.92 Å². The third-order valence-electron chi connectivity index (χ3n) is 2.61. The summed E-state index contributed by atoms with van der Waals surface area (Å²) >= 11 is 0. The smallest absolute Gasteiger partial charge is 0.249 e. The van der Waals surface area contributed by atoms with E-state index in [0.29, 0.717) is 12.3 Å². The van der Waals surface area contributed by atoms with Crippen LogP contribution in [0.2, 0.25) is 0 Å². The highest BCUT2D eigenvalue weighted by molar-refractivity contribution is 5.88. The van der Waals surface area contributed by atoms with Gasteiger partial charge >= 0.3 is 0 Å². The molecule has 1 aliphatic heterocycles. The van der Waals surface area contributed by atoms with Crippen LogP contribution in [0.5, 0.6) is 0 Å². The van der Waals surface area contributed by atoms with Crippen molar-refractivity contribution < 1.29 is 4.79 Å². The number of carbonyl (C=O) groups is 1. The topological polar surface area (TPSA) is 79.8 Å². The van der Waals surface area contributed by atoms with E-state index in [1.54, 1.807) is 0 Å². The Balaban J connectivity index is 1.80. The van der Waals surface area contributed by atoms with Crippen molar-refractivity contribution in [3.8, 4) is 0 Å². The van der Waals surface area contributed by atoms with Crippen LogP contribution in [-0.2, 0) is 4.79 Å². The van der Waals surface area contributed by atoms with Gasteiger partial charge in [-0.3, -0.25) is 10.1 Å². The molecule has 86 valence electrons. The second-order valence-electron chi connectivity index (χ2n) is 3.93. The fourth-order valence-electron chi connectivity index (χ4n) is 1.84. The fraction of sp³-hybridized carbons (Fsp3) is 0.600. The molecule has 1 saturated heterocycles. The summed E-state index contributed by atoms with van der Waals surface area (Å²) in [5.74, 6) is 0.656. The predicted octanol–water partition coefficient (Wildman–Crippen LogP) is 0.200. The van der Waals surface area contributed by atoms with Gasteiger partial charge in [0.1, 0.15) is 0 Å². The summed E-state index contributed by atoms with van der Waals surface area (Å²) < 4.78 is 0. The normalized spacial score (nSPS) is 20.4. The molecule has 1 fully saturated rings. The molecule has 1 aromatic rings. The van der Waals surface area contributed by atoms with Crippen molar-refractivity contribution in [3.05, 3.63) is 12.4 Å². The summed E-state index contributed by atoms with van der Waals surface area (Å²) in [5, 5.41) is 13.3. The maximum Gasteiger partial charge on any atom is 0.249 e. The van der Waals surface area contributed by atoms with Gasteiger partial charge in [0.15, 0.2) is 0 Å². The second-order valence-corrected chi connectivity index (χ2v) is 3.93. The molecule has 1 aromatic heterocycles. The second kappa shape index (κ2) is 5.50. The summed E-state index contributed by atoms with van der Waals surface area (Å²) in [5.41, 5.74) is 0. The van der Waals surface area contributed by atoms with E-state index >= 15 is 0 Å². The highest BCUT2D eigenvalue weighted by Crippen LogP contribution is 2.14. The Kier molecular flexibility index (Phi) is 3.76. The van der Waals surface area contributed by atoms with E-state index in [0.717, 1.165) is 25.9 Å². The molecule has 1 unspecified atom stereocenters. The minimum atomic E-state index is -0.0401. The van der Waals surface area contributed by atoms with Gasteiger partial charge in [0.25, 0.3) is 0 Å². The van der Waals surface area contributed by atoms with Crippen LogP contribution >= 0.6 is 0 Å². The van der Waals surface area contributed by atoms with Crippen LogP contribution in [0.4, 0.5) is 5.95 Å². The van der Waals surface area contributed by atoms with Gasteiger partial charge in [-0.05, 0) is 31.8 Å². The Morgan fingerprint density at radius 1 is 1.56 bits per heavy atom. The first-order valence-corrected chi connectivity index (χ1v) is 5.49. The molecule has 0 spiro atoms. The van der Waals surface area contributed by atoms with Crippen LogP contribution in [0, 0.1) is 5.92 Å². The molecule has 0 bridgehead atoms. The van der Waals surface area contributed by atoms with E-state index < -0.39 is 0 Å². The zero-order valence-corrected chi connectivity index (χ0v) is 9.02. The zero-order chi connectivity index (χ0) is 11.2. The highest BCUT2D eigenvalue weighted by Gasteiger charge is 2.17. The highest BCUT2D eigenvalue weighted by atomic mass is 16.1. The molecule has 2 rings (SSSR count). The van der Waals surface area contributed by atoms with Crippen molar-refractivity contribution in [2.75, 3.05) is 18.4 Å². The molecule has 2 heterocycles. The van der Waals surface area contributed by atoms with Crippen LogP contribution in [0.15, 0.2) is 12.4 Å². The molecule has 6 nitrogen and oxygen atoms in total. The molecule has 2 N–H and O–H groups in total. The SMILES string of the molecule is O=C(CC1CCCNC1)Nc1nccnn1. The molecule has 0 aliphatic carbocycles. The Morgan fingerprint density at radius 2 is 2.50 bits per heavy atom. The third kappa shape index (κ3) is 3.23. The summed E-state index contributed by atoms with van der Waals surface area (Å²) in [6, 6.07) is 0. The number of hydrogen-bond donors (Lipinski definition) is 2. The Bertz CT molecular complexity index is 336. The van der Waals surface area contributed by atoms with Gasteiger partial charge < -0.3 is 5.32 Å². The monoisotopic (exact) mass is 221 g/mol. The number of carbonyl (C=O) groups excluding carboxylic acids is 1. The number of nitrogens with one attached hydrogen (secondary N) is 2. The average Bonchev–Trinajstić information content (AvgIpc) is 2.31. The maximum atomic E-state index is 11.6. The van der Waals surface area contributed by atoms with Gasteiger partial charge in [0.05, 0.1) is 12.4 Å². The van der Waals surface area contributed by atoms with Crippen molar-refractivity contribution in [1.29, 1.82) is 0 Å². The average molecular weight is 221 g/mol. The van der Waals surface area contributed by atoms with Gasteiger partial charge in [0.2, 0.25) is 11.9 Å². The van der Waals surface area contributed by atoms with E-state index in [1.807, 2.05) is 0 Å². The number of aromatic nitrogens is 3. The van der Waals surface area contributed by atoms with Gasteiger partial charge in [-0.2, -0.15) is 5.10 Å². The number of piperidine rings is 1. The molecule has 0 saturated carbocycles. The summed E-state index contributed by atoms with van der Waals surface area (Å²) in [7, 11) is 0. The van der Waals surface area contributed by atoms with Crippen LogP contribution in [0.25, 0.3) is 0 Å². The first-order chi connectivity index (χ1) is 7.84. The molecule has 1 aliphatic rings. The molecular formula is C10H15N5O. The van der Waals surface area contributed by atoms with Gasteiger partial charge in [-0.25, -0.2) is 4.98 Å². The maximum absolute atomic E-state index is 11.6. The van der Waals surface area contributed by atoms with E-state index in [4.69, 9.17) is 0 Å². The van der Waals surface area contributed by atoms with E-state index in [2.05, 4.69) is 25.8 Å². The molecule has 16 heavy (non-hydrogen) atoms. The van der Waals surface area contributed by atoms with Crippen LogP contribution in [0.1, 0.15) is 19.3 Å². The molecule has 0 aromatic carbocycles. The Morgan fingerprint density at radius 3 is 3.19 bits per heavy atom. The lowest BCUT2D eigenvalue weighted by molar-refractivity contribution is -0.117. The first-order valence-electron chi connectivity index (χ1n) is 5.49. The van der Waals surface area contributed by atoms with Gasteiger partial charge in [-0.15, -0.1) is 5.10 Å². The van der Waals surface area contributed by atoms with Crippen molar-refractivity contribution in [1.82, 2.24) is 20.5 Å². The molecule has 1 atom stereocenters. The van der Waals surface area contributed by atoms with Gasteiger partial charge in [0, 0.05) is 6.42 Å². The predicted molar refractivity (Wildman–Crippen MR) is 58.7 cm³/mol. The number of nitrogens with zero attached hydrogens (tertiary/aromatic N) is 3. The van der Waals surface area contributed by atoms with Gasteiger partial charge in [-0.1, -0.05) is 0 Å². The summed E-state index contributed by atoms with van der Waals surface area (Å²) in [6.07, 6.45) is 5.74. The minimum absolute atomic E-state index is 0.0401.